The summed E-state index contributed by atoms with van der Waals surface area (Å²) in [4.78, 5) is 28.2. The molecule has 1 aliphatic rings. The van der Waals surface area contributed by atoms with E-state index in [0.29, 0.717) is 18.0 Å². The number of halogens is 1. The fraction of sp³-hybridized carbons (Fsp3) is 0.440. The third-order valence-electron chi connectivity index (χ3n) is 5.78. The van der Waals surface area contributed by atoms with Crippen LogP contribution in [-0.4, -0.2) is 28.8 Å². The molecule has 2 amide bonds. The van der Waals surface area contributed by atoms with Gasteiger partial charge in [0.1, 0.15) is 6.04 Å². The van der Waals surface area contributed by atoms with Gasteiger partial charge in [0.2, 0.25) is 11.8 Å². The van der Waals surface area contributed by atoms with Crippen molar-refractivity contribution in [3.8, 4) is 0 Å². The van der Waals surface area contributed by atoms with Crippen molar-refractivity contribution in [2.24, 2.45) is 0 Å². The van der Waals surface area contributed by atoms with E-state index in [4.69, 9.17) is 11.6 Å². The zero-order valence-corrected chi connectivity index (χ0v) is 18.4. The monoisotopic (exact) mass is 426 g/mol. The Morgan fingerprint density at radius 3 is 2.40 bits per heavy atom. The second kappa shape index (κ2) is 11.2. The van der Waals surface area contributed by atoms with Crippen molar-refractivity contribution in [1.29, 1.82) is 0 Å². The Morgan fingerprint density at radius 2 is 1.73 bits per heavy atom. The normalized spacial score (nSPS) is 15.4. The van der Waals surface area contributed by atoms with Gasteiger partial charge in [-0.2, -0.15) is 0 Å². The number of carbonyl (C=O) groups excluding carboxylic acids is 2. The van der Waals surface area contributed by atoms with E-state index in [9.17, 15) is 9.59 Å². The SMILES string of the molecule is CCC(C(=O)NC1CCCCC1)N(Cc1ccccc1)C(=O)Cc1cccc(Cl)c1. The summed E-state index contributed by atoms with van der Waals surface area (Å²) in [6.45, 7) is 2.38. The van der Waals surface area contributed by atoms with E-state index in [1.807, 2.05) is 55.5 Å². The Hall–Kier alpha value is -2.33. The minimum absolute atomic E-state index is 0.0419. The number of nitrogens with zero attached hydrogens (tertiary/aromatic N) is 1. The molecule has 2 aromatic carbocycles. The van der Waals surface area contributed by atoms with Crippen molar-refractivity contribution in [2.75, 3.05) is 0 Å². The van der Waals surface area contributed by atoms with E-state index in [2.05, 4.69) is 5.32 Å². The highest BCUT2D eigenvalue weighted by Gasteiger charge is 2.30. The highest BCUT2D eigenvalue weighted by atomic mass is 35.5. The maximum absolute atomic E-state index is 13.3. The lowest BCUT2D eigenvalue weighted by atomic mass is 9.95. The van der Waals surface area contributed by atoms with Crippen LogP contribution in [-0.2, 0) is 22.6 Å². The van der Waals surface area contributed by atoms with Crippen molar-refractivity contribution in [3.63, 3.8) is 0 Å². The van der Waals surface area contributed by atoms with Gasteiger partial charge in [-0.05, 0) is 42.5 Å². The van der Waals surface area contributed by atoms with Crippen LogP contribution in [0.5, 0.6) is 0 Å². The molecule has 1 atom stereocenters. The van der Waals surface area contributed by atoms with Gasteiger partial charge < -0.3 is 10.2 Å². The van der Waals surface area contributed by atoms with Gasteiger partial charge in [0.15, 0.2) is 0 Å². The van der Waals surface area contributed by atoms with Gasteiger partial charge in [-0.25, -0.2) is 0 Å². The first-order valence-electron chi connectivity index (χ1n) is 10.9. The summed E-state index contributed by atoms with van der Waals surface area (Å²) in [5, 5.41) is 3.82. The molecule has 0 bridgehead atoms. The first-order valence-corrected chi connectivity index (χ1v) is 11.3. The first-order chi connectivity index (χ1) is 14.6. The Labute approximate surface area is 184 Å². The highest BCUT2D eigenvalue weighted by molar-refractivity contribution is 6.30. The van der Waals surface area contributed by atoms with Gasteiger partial charge in [0.25, 0.3) is 0 Å². The van der Waals surface area contributed by atoms with Crippen molar-refractivity contribution in [3.05, 3.63) is 70.7 Å². The fourth-order valence-electron chi connectivity index (χ4n) is 4.17. The number of amides is 2. The van der Waals surface area contributed by atoms with Crippen LogP contribution in [0.1, 0.15) is 56.6 Å². The molecule has 4 nitrogen and oxygen atoms in total. The second-order valence-corrected chi connectivity index (χ2v) is 8.52. The number of hydrogen-bond donors (Lipinski definition) is 1. The van der Waals surface area contributed by atoms with Crippen molar-refractivity contribution < 1.29 is 9.59 Å². The van der Waals surface area contributed by atoms with E-state index >= 15 is 0 Å². The van der Waals surface area contributed by atoms with E-state index in [-0.39, 0.29) is 24.3 Å². The van der Waals surface area contributed by atoms with Gasteiger partial charge in [0.05, 0.1) is 6.42 Å². The zero-order valence-electron chi connectivity index (χ0n) is 17.6. The van der Waals surface area contributed by atoms with Gasteiger partial charge >= 0.3 is 0 Å². The van der Waals surface area contributed by atoms with Crippen LogP contribution in [0.3, 0.4) is 0 Å². The Bertz CT molecular complexity index is 834. The fourth-order valence-corrected chi connectivity index (χ4v) is 4.38. The average Bonchev–Trinajstić information content (AvgIpc) is 2.75. The molecule has 1 aliphatic carbocycles. The van der Waals surface area contributed by atoms with E-state index < -0.39 is 6.04 Å². The van der Waals surface area contributed by atoms with Crippen LogP contribution in [0, 0.1) is 0 Å². The van der Waals surface area contributed by atoms with Gasteiger partial charge in [-0.3, -0.25) is 9.59 Å². The molecule has 30 heavy (non-hydrogen) atoms. The lowest BCUT2D eigenvalue weighted by Gasteiger charge is -2.33. The average molecular weight is 427 g/mol. The molecular weight excluding hydrogens is 396 g/mol. The minimum Gasteiger partial charge on any atom is -0.352 e. The predicted octanol–water partition coefficient (Wildman–Crippen LogP) is 5.14. The summed E-state index contributed by atoms with van der Waals surface area (Å²) in [7, 11) is 0. The molecule has 160 valence electrons. The molecule has 2 aromatic rings. The maximum atomic E-state index is 13.3. The van der Waals surface area contributed by atoms with Gasteiger partial charge in [0, 0.05) is 17.6 Å². The van der Waals surface area contributed by atoms with Gasteiger partial charge in [-0.1, -0.05) is 80.3 Å². The number of hydrogen-bond acceptors (Lipinski definition) is 2. The van der Waals surface area contributed by atoms with Gasteiger partial charge in [-0.15, -0.1) is 0 Å². The molecule has 5 heteroatoms. The van der Waals surface area contributed by atoms with Crippen molar-refractivity contribution >= 4 is 23.4 Å². The lowest BCUT2D eigenvalue weighted by molar-refractivity contribution is -0.141. The molecule has 1 N–H and O–H groups in total. The predicted molar refractivity (Wildman–Crippen MR) is 121 cm³/mol. The number of carbonyl (C=O) groups is 2. The molecule has 3 rings (SSSR count). The Morgan fingerprint density at radius 1 is 1.03 bits per heavy atom. The van der Waals surface area contributed by atoms with E-state index in [0.717, 1.165) is 36.8 Å². The summed E-state index contributed by atoms with van der Waals surface area (Å²) in [6, 6.07) is 16.9. The van der Waals surface area contributed by atoms with Crippen LogP contribution >= 0.6 is 11.6 Å². The minimum atomic E-state index is -0.487. The van der Waals surface area contributed by atoms with E-state index in [1.54, 1.807) is 11.0 Å². The third-order valence-corrected chi connectivity index (χ3v) is 6.01. The zero-order chi connectivity index (χ0) is 21.3. The molecule has 0 heterocycles. The third kappa shape index (κ3) is 6.33. The summed E-state index contributed by atoms with van der Waals surface area (Å²) < 4.78 is 0. The molecule has 1 unspecified atom stereocenters. The lowest BCUT2D eigenvalue weighted by Crippen LogP contribution is -2.51. The molecular formula is C25H31ClN2O2. The summed E-state index contributed by atoms with van der Waals surface area (Å²) in [5.74, 6) is -0.105. The summed E-state index contributed by atoms with van der Waals surface area (Å²) in [6.07, 6.45) is 6.40. The molecule has 0 spiro atoms. The number of benzene rings is 2. The first kappa shape index (κ1) is 22.4. The summed E-state index contributed by atoms with van der Waals surface area (Å²) in [5.41, 5.74) is 1.87. The Kier molecular flexibility index (Phi) is 8.32. The second-order valence-electron chi connectivity index (χ2n) is 8.08. The largest absolute Gasteiger partial charge is 0.352 e. The highest BCUT2D eigenvalue weighted by Crippen LogP contribution is 2.20. The molecule has 1 saturated carbocycles. The molecule has 0 aromatic heterocycles. The summed E-state index contributed by atoms with van der Waals surface area (Å²) >= 11 is 6.10. The standard InChI is InChI=1S/C25H31ClN2O2/c1-2-23(25(30)27-22-14-7-4-8-15-22)28(18-19-10-5-3-6-11-19)24(29)17-20-12-9-13-21(26)16-20/h3,5-6,9-13,16,22-23H,2,4,7-8,14-15,17-18H2,1H3,(H,27,30). The van der Waals surface area contributed by atoms with E-state index in [1.165, 1.54) is 6.42 Å². The van der Waals surface area contributed by atoms with Crippen LogP contribution in [0.2, 0.25) is 5.02 Å². The van der Waals surface area contributed by atoms with Crippen molar-refractivity contribution in [1.82, 2.24) is 10.2 Å². The number of rotatable bonds is 8. The molecule has 0 radical (unpaired) electrons. The topological polar surface area (TPSA) is 49.4 Å². The molecule has 0 saturated heterocycles. The quantitative estimate of drug-likeness (QED) is 0.635. The van der Waals surface area contributed by atoms with Crippen molar-refractivity contribution in [2.45, 2.75) is 70.5 Å². The Balaban J connectivity index is 1.78. The smallest absolute Gasteiger partial charge is 0.243 e. The van der Waals surface area contributed by atoms with Crippen LogP contribution in [0.25, 0.3) is 0 Å². The number of nitrogens with one attached hydrogen (secondary N) is 1. The maximum Gasteiger partial charge on any atom is 0.243 e. The molecule has 0 aliphatic heterocycles. The van der Waals surface area contributed by atoms with Crippen LogP contribution in [0.15, 0.2) is 54.6 Å². The van der Waals surface area contributed by atoms with Crippen LogP contribution < -0.4 is 5.32 Å². The molecule has 1 fully saturated rings. The van der Waals surface area contributed by atoms with Crippen LogP contribution in [0.4, 0.5) is 0 Å².